The van der Waals surface area contributed by atoms with Gasteiger partial charge in [0.25, 0.3) is 0 Å². The van der Waals surface area contributed by atoms with E-state index in [0.717, 1.165) is 0 Å². The molecule has 0 aromatic heterocycles. The molecule has 0 fully saturated rings. The highest BCUT2D eigenvalue weighted by molar-refractivity contribution is 6.38. The maximum absolute atomic E-state index is 14.2. The van der Waals surface area contributed by atoms with Gasteiger partial charge in [0, 0.05) is 27.2 Å². The van der Waals surface area contributed by atoms with Crippen LogP contribution in [0.25, 0.3) is 0 Å². The summed E-state index contributed by atoms with van der Waals surface area (Å²) in [5.41, 5.74) is 0.665. The van der Waals surface area contributed by atoms with E-state index in [0.29, 0.717) is 21.4 Å². The van der Waals surface area contributed by atoms with Gasteiger partial charge in [0.2, 0.25) is 0 Å². The molecule has 112 valence electrons. The molecule has 0 aliphatic heterocycles. The lowest BCUT2D eigenvalue weighted by Gasteiger charge is -2.17. The van der Waals surface area contributed by atoms with Crippen molar-refractivity contribution in [2.24, 2.45) is 0 Å². The van der Waals surface area contributed by atoms with Crippen molar-refractivity contribution >= 4 is 34.8 Å². The minimum atomic E-state index is -0.842. The third kappa shape index (κ3) is 3.20. The molecule has 0 saturated heterocycles. The monoisotopic (exact) mass is 348 g/mol. The van der Waals surface area contributed by atoms with Gasteiger partial charge in [-0.25, -0.2) is 4.39 Å². The summed E-state index contributed by atoms with van der Waals surface area (Å²) >= 11 is 18.6. The zero-order chi connectivity index (χ0) is 15.6. The summed E-state index contributed by atoms with van der Waals surface area (Å²) in [7, 11) is 2.89. The molecule has 0 N–H and O–H groups in total. The van der Waals surface area contributed by atoms with Crippen molar-refractivity contribution in [3.63, 3.8) is 0 Å². The van der Waals surface area contributed by atoms with Gasteiger partial charge in [0.1, 0.15) is 5.82 Å². The number of benzene rings is 2. The number of rotatable bonds is 4. The van der Waals surface area contributed by atoms with Crippen LogP contribution in [0.5, 0.6) is 11.5 Å². The van der Waals surface area contributed by atoms with Crippen molar-refractivity contribution in [1.29, 1.82) is 0 Å². The molecule has 2 aromatic rings. The van der Waals surface area contributed by atoms with Gasteiger partial charge in [0.05, 0.1) is 19.6 Å². The summed E-state index contributed by atoms with van der Waals surface area (Å²) in [4.78, 5) is 0. The first kappa shape index (κ1) is 16.2. The van der Waals surface area contributed by atoms with Crippen LogP contribution in [0.3, 0.4) is 0 Å². The fourth-order valence-electron chi connectivity index (χ4n) is 1.97. The van der Waals surface area contributed by atoms with Crippen LogP contribution in [-0.4, -0.2) is 14.2 Å². The van der Waals surface area contributed by atoms with Gasteiger partial charge in [0.15, 0.2) is 11.5 Å². The zero-order valence-corrected chi connectivity index (χ0v) is 13.6. The average molecular weight is 350 g/mol. The molecule has 0 spiro atoms. The Balaban J connectivity index is 2.56. The van der Waals surface area contributed by atoms with Gasteiger partial charge < -0.3 is 9.47 Å². The highest BCUT2D eigenvalue weighted by Crippen LogP contribution is 2.42. The summed E-state index contributed by atoms with van der Waals surface area (Å²) in [5.74, 6) is 0.138. The highest BCUT2D eigenvalue weighted by Gasteiger charge is 2.23. The fraction of sp³-hybridized carbons (Fsp3) is 0.200. The van der Waals surface area contributed by atoms with E-state index < -0.39 is 11.2 Å². The number of halogens is 4. The maximum atomic E-state index is 14.2. The second kappa shape index (κ2) is 6.73. The number of hydrogen-bond acceptors (Lipinski definition) is 2. The molecule has 2 rings (SSSR count). The maximum Gasteiger partial charge on any atom is 0.163 e. The molecule has 0 heterocycles. The van der Waals surface area contributed by atoms with Crippen LogP contribution < -0.4 is 9.47 Å². The van der Waals surface area contributed by atoms with Gasteiger partial charge >= 0.3 is 0 Å². The molecule has 0 amide bonds. The molecule has 0 radical (unpaired) electrons. The van der Waals surface area contributed by atoms with Crippen LogP contribution in [0.2, 0.25) is 10.0 Å². The molecule has 21 heavy (non-hydrogen) atoms. The van der Waals surface area contributed by atoms with Crippen molar-refractivity contribution in [2.75, 3.05) is 14.2 Å². The van der Waals surface area contributed by atoms with E-state index in [1.54, 1.807) is 18.2 Å². The van der Waals surface area contributed by atoms with E-state index in [1.165, 1.54) is 26.4 Å². The van der Waals surface area contributed by atoms with Crippen LogP contribution in [0.15, 0.2) is 30.3 Å². The smallest absolute Gasteiger partial charge is 0.163 e. The average Bonchev–Trinajstić information content (AvgIpc) is 2.46. The Morgan fingerprint density at radius 2 is 1.52 bits per heavy atom. The lowest BCUT2D eigenvalue weighted by molar-refractivity contribution is 0.351. The summed E-state index contributed by atoms with van der Waals surface area (Å²) in [6, 6.07) is 7.69. The van der Waals surface area contributed by atoms with Crippen molar-refractivity contribution in [3.8, 4) is 11.5 Å². The van der Waals surface area contributed by atoms with E-state index in [-0.39, 0.29) is 11.3 Å². The van der Waals surface area contributed by atoms with Crippen LogP contribution in [0, 0.1) is 5.82 Å². The summed E-state index contributed by atoms with van der Waals surface area (Å²) in [6.07, 6.45) is 0. The Hall–Kier alpha value is -1.16. The zero-order valence-electron chi connectivity index (χ0n) is 11.3. The van der Waals surface area contributed by atoms with Gasteiger partial charge in [-0.05, 0) is 18.2 Å². The highest BCUT2D eigenvalue weighted by atomic mass is 35.5. The van der Waals surface area contributed by atoms with E-state index >= 15 is 0 Å². The largest absolute Gasteiger partial charge is 0.493 e. The molecular weight excluding hydrogens is 338 g/mol. The number of methoxy groups -OCH3 is 2. The molecule has 0 saturated carbocycles. The van der Waals surface area contributed by atoms with E-state index in [4.69, 9.17) is 44.3 Å². The Bertz CT molecular complexity index is 641. The van der Waals surface area contributed by atoms with Gasteiger partial charge in [-0.15, -0.1) is 11.6 Å². The fourth-order valence-corrected chi connectivity index (χ4v) is 3.10. The minimum absolute atomic E-state index is 0.212. The molecule has 6 heteroatoms. The Labute approximate surface area is 137 Å². The third-order valence-electron chi connectivity index (χ3n) is 3.03. The van der Waals surface area contributed by atoms with E-state index in [1.807, 2.05) is 0 Å². The predicted molar refractivity (Wildman–Crippen MR) is 83.7 cm³/mol. The van der Waals surface area contributed by atoms with Gasteiger partial charge in [-0.1, -0.05) is 29.3 Å². The molecule has 1 unspecified atom stereocenters. The third-order valence-corrected chi connectivity index (χ3v) is 4.14. The summed E-state index contributed by atoms with van der Waals surface area (Å²) < 4.78 is 24.5. The van der Waals surface area contributed by atoms with Crippen molar-refractivity contribution in [3.05, 3.63) is 57.3 Å². The molecule has 2 aromatic carbocycles. The second-order valence-corrected chi connectivity index (χ2v) is 5.48. The van der Waals surface area contributed by atoms with E-state index in [2.05, 4.69) is 0 Å². The SMILES string of the molecule is COc1cc(F)c(C(Cl)c2c(Cl)cccc2Cl)cc1OC. The number of alkyl halides is 1. The van der Waals surface area contributed by atoms with Gasteiger partial charge in [-0.2, -0.15) is 0 Å². The van der Waals surface area contributed by atoms with Crippen molar-refractivity contribution in [2.45, 2.75) is 5.38 Å². The standard InChI is InChI=1S/C15H12Cl3FO2/c1-20-12-6-8(11(19)7-13(12)21-2)15(18)14-9(16)4-3-5-10(14)17/h3-7,15H,1-2H3. The first-order valence-corrected chi connectivity index (χ1v) is 7.18. The number of ether oxygens (including phenoxy) is 2. The van der Waals surface area contributed by atoms with Gasteiger partial charge in [-0.3, -0.25) is 0 Å². The van der Waals surface area contributed by atoms with E-state index in [9.17, 15) is 4.39 Å². The molecule has 1 atom stereocenters. The Morgan fingerprint density at radius 3 is 2.05 bits per heavy atom. The van der Waals surface area contributed by atoms with Crippen molar-refractivity contribution < 1.29 is 13.9 Å². The van der Waals surface area contributed by atoms with Crippen LogP contribution in [0.1, 0.15) is 16.5 Å². The summed E-state index contributed by atoms with van der Waals surface area (Å²) in [5, 5.41) is -0.0978. The van der Waals surface area contributed by atoms with Crippen LogP contribution >= 0.6 is 34.8 Å². The first-order chi connectivity index (χ1) is 9.99. The predicted octanol–water partition coefficient (Wildman–Crippen LogP) is 5.48. The molecule has 0 bridgehead atoms. The van der Waals surface area contributed by atoms with Crippen LogP contribution in [-0.2, 0) is 0 Å². The molecule has 0 aliphatic carbocycles. The quantitative estimate of drug-likeness (QED) is 0.681. The lowest BCUT2D eigenvalue weighted by atomic mass is 10.0. The molecular formula is C15H12Cl3FO2. The van der Waals surface area contributed by atoms with Crippen molar-refractivity contribution in [1.82, 2.24) is 0 Å². The summed E-state index contributed by atoms with van der Waals surface area (Å²) in [6.45, 7) is 0. The molecule has 2 nitrogen and oxygen atoms in total. The topological polar surface area (TPSA) is 18.5 Å². The second-order valence-electron chi connectivity index (χ2n) is 4.23. The Morgan fingerprint density at radius 1 is 1.00 bits per heavy atom. The Kier molecular flexibility index (Phi) is 5.20. The minimum Gasteiger partial charge on any atom is -0.493 e. The van der Waals surface area contributed by atoms with Crippen LogP contribution in [0.4, 0.5) is 4.39 Å². The first-order valence-electron chi connectivity index (χ1n) is 5.99. The molecule has 0 aliphatic rings. The number of hydrogen-bond donors (Lipinski definition) is 0. The lowest BCUT2D eigenvalue weighted by Crippen LogP contribution is -2.01. The normalized spacial score (nSPS) is 12.1.